The molecule has 0 saturated heterocycles. The van der Waals surface area contributed by atoms with Crippen LogP contribution in [0.2, 0.25) is 0 Å². The van der Waals surface area contributed by atoms with Crippen LogP contribution in [0, 0.1) is 0 Å². The standard InChI is InChI=1S/C16H12N2O3/c19-14-6-8-18(10-13(14)16(20)21)9-12-4-1-3-11-5-2-7-17-15(11)12/h1-8,10H,9H2,(H,20,21). The molecule has 5 heteroatoms. The summed E-state index contributed by atoms with van der Waals surface area (Å²) in [4.78, 5) is 26.8. The monoisotopic (exact) mass is 280 g/mol. The molecule has 3 aromatic rings. The minimum Gasteiger partial charge on any atom is -0.477 e. The number of benzene rings is 1. The number of carbonyl (C=O) groups is 1. The molecule has 1 N–H and O–H groups in total. The third-order valence-electron chi connectivity index (χ3n) is 3.28. The zero-order valence-electron chi connectivity index (χ0n) is 11.1. The molecule has 0 aliphatic carbocycles. The lowest BCUT2D eigenvalue weighted by Gasteiger charge is -2.09. The Morgan fingerprint density at radius 3 is 2.81 bits per heavy atom. The first-order chi connectivity index (χ1) is 10.1. The Bertz CT molecular complexity index is 879. The molecule has 3 rings (SSSR count). The molecule has 5 nitrogen and oxygen atoms in total. The summed E-state index contributed by atoms with van der Waals surface area (Å²) in [6.07, 6.45) is 4.66. The number of para-hydroxylation sites is 1. The van der Waals surface area contributed by atoms with Gasteiger partial charge in [-0.05, 0) is 11.6 Å². The van der Waals surface area contributed by atoms with Crippen LogP contribution < -0.4 is 5.43 Å². The summed E-state index contributed by atoms with van der Waals surface area (Å²) in [5, 5.41) is 10.0. The van der Waals surface area contributed by atoms with Gasteiger partial charge >= 0.3 is 5.97 Å². The van der Waals surface area contributed by atoms with Gasteiger partial charge in [-0.3, -0.25) is 9.78 Å². The number of fused-ring (bicyclic) bond motifs is 1. The Kier molecular flexibility index (Phi) is 3.23. The maximum Gasteiger partial charge on any atom is 0.341 e. The van der Waals surface area contributed by atoms with Gasteiger partial charge < -0.3 is 9.67 Å². The lowest BCUT2D eigenvalue weighted by molar-refractivity contribution is 0.0694. The fourth-order valence-electron chi connectivity index (χ4n) is 2.28. The summed E-state index contributed by atoms with van der Waals surface area (Å²) in [5.41, 5.74) is 1.11. The quantitative estimate of drug-likeness (QED) is 0.797. The smallest absolute Gasteiger partial charge is 0.341 e. The van der Waals surface area contributed by atoms with E-state index in [4.69, 9.17) is 5.11 Å². The third kappa shape index (κ3) is 2.53. The van der Waals surface area contributed by atoms with Crippen molar-refractivity contribution in [3.05, 3.63) is 76.3 Å². The number of nitrogens with zero attached hydrogens (tertiary/aromatic N) is 2. The van der Waals surface area contributed by atoms with E-state index < -0.39 is 11.4 Å². The van der Waals surface area contributed by atoms with Crippen molar-refractivity contribution < 1.29 is 9.90 Å². The van der Waals surface area contributed by atoms with E-state index in [1.165, 1.54) is 12.3 Å². The SMILES string of the molecule is O=C(O)c1cn(Cc2cccc3cccnc23)ccc1=O. The van der Waals surface area contributed by atoms with E-state index in [1.54, 1.807) is 17.0 Å². The Labute approximate surface area is 120 Å². The number of aromatic carboxylic acids is 1. The van der Waals surface area contributed by atoms with Gasteiger partial charge in [0.15, 0.2) is 5.43 Å². The van der Waals surface area contributed by atoms with Gasteiger partial charge in [0.1, 0.15) is 5.56 Å². The maximum absolute atomic E-state index is 11.5. The third-order valence-corrected chi connectivity index (χ3v) is 3.28. The molecule has 0 unspecified atom stereocenters. The molecule has 0 bridgehead atoms. The first kappa shape index (κ1) is 13.1. The number of hydrogen-bond donors (Lipinski definition) is 1. The number of hydrogen-bond acceptors (Lipinski definition) is 3. The largest absolute Gasteiger partial charge is 0.477 e. The molecule has 0 atom stereocenters. The van der Waals surface area contributed by atoms with E-state index in [-0.39, 0.29) is 5.56 Å². The second-order valence-corrected chi connectivity index (χ2v) is 4.69. The number of rotatable bonds is 3. The van der Waals surface area contributed by atoms with Crippen LogP contribution in [0.3, 0.4) is 0 Å². The Balaban J connectivity index is 2.05. The van der Waals surface area contributed by atoms with Gasteiger partial charge in [0.2, 0.25) is 0 Å². The molecule has 104 valence electrons. The second-order valence-electron chi connectivity index (χ2n) is 4.69. The molecule has 1 aromatic carbocycles. The lowest BCUT2D eigenvalue weighted by atomic mass is 10.1. The van der Waals surface area contributed by atoms with Crippen LogP contribution in [-0.2, 0) is 6.54 Å². The van der Waals surface area contributed by atoms with E-state index >= 15 is 0 Å². The van der Waals surface area contributed by atoms with Gasteiger partial charge in [0, 0.05) is 36.6 Å². The molecular formula is C16H12N2O3. The predicted molar refractivity (Wildman–Crippen MR) is 78.5 cm³/mol. The van der Waals surface area contributed by atoms with Crippen molar-refractivity contribution in [2.24, 2.45) is 0 Å². The van der Waals surface area contributed by atoms with Crippen molar-refractivity contribution in [3.8, 4) is 0 Å². The number of carboxylic acids is 1. The lowest BCUT2D eigenvalue weighted by Crippen LogP contribution is -2.16. The van der Waals surface area contributed by atoms with Crippen molar-refractivity contribution in [1.82, 2.24) is 9.55 Å². The maximum atomic E-state index is 11.5. The summed E-state index contributed by atoms with van der Waals surface area (Å²) in [5.74, 6) is -1.22. The van der Waals surface area contributed by atoms with E-state index in [9.17, 15) is 9.59 Å². The molecule has 0 aliphatic rings. The molecular weight excluding hydrogens is 268 g/mol. The van der Waals surface area contributed by atoms with E-state index in [2.05, 4.69) is 4.98 Å². The highest BCUT2D eigenvalue weighted by molar-refractivity contribution is 5.87. The van der Waals surface area contributed by atoms with Gasteiger partial charge in [-0.25, -0.2) is 4.79 Å². The van der Waals surface area contributed by atoms with Gasteiger partial charge in [-0.1, -0.05) is 24.3 Å². The highest BCUT2D eigenvalue weighted by atomic mass is 16.4. The zero-order chi connectivity index (χ0) is 14.8. The summed E-state index contributed by atoms with van der Waals surface area (Å²) >= 11 is 0. The molecule has 0 radical (unpaired) electrons. The number of aromatic nitrogens is 2. The summed E-state index contributed by atoms with van der Waals surface area (Å²) < 4.78 is 1.67. The normalized spacial score (nSPS) is 10.7. The van der Waals surface area contributed by atoms with Crippen LogP contribution in [0.4, 0.5) is 0 Å². The van der Waals surface area contributed by atoms with Crippen molar-refractivity contribution in [2.45, 2.75) is 6.54 Å². The van der Waals surface area contributed by atoms with Crippen molar-refractivity contribution in [3.63, 3.8) is 0 Å². The van der Waals surface area contributed by atoms with E-state index in [0.717, 1.165) is 16.5 Å². The van der Waals surface area contributed by atoms with Crippen LogP contribution in [-0.4, -0.2) is 20.6 Å². The first-order valence-electron chi connectivity index (χ1n) is 6.41. The zero-order valence-corrected chi connectivity index (χ0v) is 11.1. The molecule has 0 aliphatic heterocycles. The fraction of sp³-hybridized carbons (Fsp3) is 0.0625. The molecule has 0 saturated carbocycles. The van der Waals surface area contributed by atoms with Crippen molar-refractivity contribution in [2.75, 3.05) is 0 Å². The Hall–Kier alpha value is -2.95. The van der Waals surface area contributed by atoms with E-state index in [1.807, 2.05) is 30.3 Å². The Morgan fingerprint density at radius 1 is 1.19 bits per heavy atom. The minimum atomic E-state index is -1.22. The number of carboxylic acid groups (broad SMARTS) is 1. The summed E-state index contributed by atoms with van der Waals surface area (Å²) in [6.45, 7) is 0.453. The van der Waals surface area contributed by atoms with Crippen molar-refractivity contribution in [1.29, 1.82) is 0 Å². The van der Waals surface area contributed by atoms with Crippen LogP contribution >= 0.6 is 0 Å². The average Bonchev–Trinajstić information content (AvgIpc) is 2.49. The van der Waals surface area contributed by atoms with Crippen LogP contribution in [0.25, 0.3) is 10.9 Å². The van der Waals surface area contributed by atoms with Crippen LogP contribution in [0.1, 0.15) is 15.9 Å². The summed E-state index contributed by atoms with van der Waals surface area (Å²) in [7, 11) is 0. The highest BCUT2D eigenvalue weighted by Crippen LogP contribution is 2.16. The highest BCUT2D eigenvalue weighted by Gasteiger charge is 2.09. The molecule has 0 fully saturated rings. The van der Waals surface area contributed by atoms with Crippen LogP contribution in [0.15, 0.2) is 59.8 Å². The Morgan fingerprint density at radius 2 is 2.00 bits per heavy atom. The summed E-state index contributed by atoms with van der Waals surface area (Å²) in [6, 6.07) is 10.9. The molecule has 21 heavy (non-hydrogen) atoms. The molecule has 2 aromatic heterocycles. The second kappa shape index (κ2) is 5.20. The van der Waals surface area contributed by atoms with Crippen LogP contribution in [0.5, 0.6) is 0 Å². The van der Waals surface area contributed by atoms with Gasteiger partial charge in [0.05, 0.1) is 5.52 Å². The fourth-order valence-corrected chi connectivity index (χ4v) is 2.28. The van der Waals surface area contributed by atoms with Crippen molar-refractivity contribution >= 4 is 16.9 Å². The average molecular weight is 280 g/mol. The van der Waals surface area contributed by atoms with E-state index in [0.29, 0.717) is 6.54 Å². The van der Waals surface area contributed by atoms with Gasteiger partial charge in [-0.15, -0.1) is 0 Å². The molecule has 2 heterocycles. The number of pyridine rings is 2. The topological polar surface area (TPSA) is 72.2 Å². The minimum absolute atomic E-state index is 0.231. The predicted octanol–water partition coefficient (Wildman–Crippen LogP) is 2.14. The molecule has 0 spiro atoms. The first-order valence-corrected chi connectivity index (χ1v) is 6.41. The molecule has 0 amide bonds. The van der Waals surface area contributed by atoms with Gasteiger partial charge in [0.25, 0.3) is 0 Å². The van der Waals surface area contributed by atoms with Gasteiger partial charge in [-0.2, -0.15) is 0 Å².